The van der Waals surface area contributed by atoms with E-state index in [4.69, 9.17) is 0 Å². The van der Waals surface area contributed by atoms with E-state index in [1.807, 2.05) is 6.92 Å². The molecule has 0 unspecified atom stereocenters. The SMILES string of the molecule is CCCC[C@](C)(C(C)C)[C@@H](C)O. The van der Waals surface area contributed by atoms with E-state index >= 15 is 0 Å². The number of unbranched alkanes of at least 4 members (excludes halogenated alkanes) is 1. The number of hydrogen-bond donors (Lipinski definition) is 1. The van der Waals surface area contributed by atoms with Gasteiger partial charge in [-0.2, -0.15) is 0 Å². The molecule has 0 bridgehead atoms. The molecule has 0 saturated carbocycles. The molecule has 1 N–H and O–H groups in total. The molecule has 0 saturated heterocycles. The Morgan fingerprint density at radius 2 is 1.75 bits per heavy atom. The van der Waals surface area contributed by atoms with E-state index in [0.29, 0.717) is 5.92 Å². The zero-order chi connectivity index (χ0) is 9.78. The van der Waals surface area contributed by atoms with Crippen molar-refractivity contribution in [3.63, 3.8) is 0 Å². The van der Waals surface area contributed by atoms with Crippen molar-refractivity contribution < 1.29 is 5.11 Å². The highest BCUT2D eigenvalue weighted by Gasteiger charge is 2.32. The smallest absolute Gasteiger partial charge is 0.0568 e. The Kier molecular flexibility index (Phi) is 4.84. The summed E-state index contributed by atoms with van der Waals surface area (Å²) in [5.74, 6) is 0.559. The van der Waals surface area contributed by atoms with Gasteiger partial charge in [-0.15, -0.1) is 0 Å². The molecule has 0 aliphatic heterocycles. The van der Waals surface area contributed by atoms with Gasteiger partial charge in [-0.1, -0.05) is 40.5 Å². The van der Waals surface area contributed by atoms with Gasteiger partial charge in [0.15, 0.2) is 0 Å². The summed E-state index contributed by atoms with van der Waals surface area (Å²) < 4.78 is 0. The van der Waals surface area contributed by atoms with E-state index in [0.717, 1.165) is 6.42 Å². The molecule has 0 amide bonds. The van der Waals surface area contributed by atoms with Crippen molar-refractivity contribution in [1.82, 2.24) is 0 Å². The van der Waals surface area contributed by atoms with Crippen LogP contribution in [0, 0.1) is 11.3 Å². The topological polar surface area (TPSA) is 20.2 Å². The van der Waals surface area contributed by atoms with Crippen LogP contribution in [0.1, 0.15) is 53.9 Å². The van der Waals surface area contributed by atoms with Crippen LogP contribution in [0.3, 0.4) is 0 Å². The first kappa shape index (κ1) is 12.0. The maximum absolute atomic E-state index is 9.67. The third kappa shape index (κ3) is 2.78. The van der Waals surface area contributed by atoms with Gasteiger partial charge in [0.25, 0.3) is 0 Å². The van der Waals surface area contributed by atoms with Gasteiger partial charge in [0.2, 0.25) is 0 Å². The van der Waals surface area contributed by atoms with E-state index in [1.54, 1.807) is 0 Å². The molecule has 0 aromatic rings. The molecule has 0 rings (SSSR count). The van der Waals surface area contributed by atoms with Gasteiger partial charge < -0.3 is 5.11 Å². The standard InChI is InChI=1S/C11H24O/c1-6-7-8-11(5,9(2)3)10(4)12/h9-10,12H,6-8H2,1-5H3/t10-,11-/m1/s1. The highest BCUT2D eigenvalue weighted by Crippen LogP contribution is 2.36. The van der Waals surface area contributed by atoms with Gasteiger partial charge in [-0.05, 0) is 24.7 Å². The van der Waals surface area contributed by atoms with Crippen molar-refractivity contribution in [2.24, 2.45) is 11.3 Å². The van der Waals surface area contributed by atoms with Gasteiger partial charge in [0, 0.05) is 0 Å². The third-order valence-electron chi connectivity index (χ3n) is 3.34. The second-order valence-electron chi connectivity index (χ2n) is 4.44. The Labute approximate surface area is 77.2 Å². The number of aliphatic hydroxyl groups excluding tert-OH is 1. The minimum absolute atomic E-state index is 0.107. The second kappa shape index (κ2) is 4.86. The van der Waals surface area contributed by atoms with Crippen molar-refractivity contribution in [3.05, 3.63) is 0 Å². The molecule has 12 heavy (non-hydrogen) atoms. The first-order valence-electron chi connectivity index (χ1n) is 5.13. The van der Waals surface area contributed by atoms with E-state index in [9.17, 15) is 5.11 Å². The summed E-state index contributed by atoms with van der Waals surface area (Å²) in [4.78, 5) is 0. The molecule has 0 radical (unpaired) electrons. The Balaban J connectivity index is 4.19. The van der Waals surface area contributed by atoms with Crippen LogP contribution in [0.5, 0.6) is 0 Å². The molecule has 74 valence electrons. The van der Waals surface area contributed by atoms with Crippen LogP contribution in [-0.4, -0.2) is 11.2 Å². The summed E-state index contributed by atoms with van der Waals surface area (Å²) in [6.07, 6.45) is 3.39. The summed E-state index contributed by atoms with van der Waals surface area (Å²) in [6.45, 7) is 10.7. The molecule has 1 nitrogen and oxygen atoms in total. The van der Waals surface area contributed by atoms with Crippen LogP contribution < -0.4 is 0 Å². The fourth-order valence-corrected chi connectivity index (χ4v) is 1.54. The Hall–Kier alpha value is -0.0400. The van der Waals surface area contributed by atoms with Crippen LogP contribution in [-0.2, 0) is 0 Å². The van der Waals surface area contributed by atoms with Crippen molar-refractivity contribution in [2.45, 2.75) is 60.0 Å². The minimum atomic E-state index is -0.191. The average Bonchev–Trinajstić information content (AvgIpc) is 1.99. The fraction of sp³-hybridized carbons (Fsp3) is 1.00. The van der Waals surface area contributed by atoms with E-state index in [2.05, 4.69) is 27.7 Å². The zero-order valence-corrected chi connectivity index (χ0v) is 9.22. The minimum Gasteiger partial charge on any atom is -0.393 e. The Morgan fingerprint density at radius 3 is 2.00 bits per heavy atom. The predicted octanol–water partition coefficient (Wildman–Crippen LogP) is 3.22. The van der Waals surface area contributed by atoms with Crippen LogP contribution in [0.4, 0.5) is 0 Å². The molecule has 0 heterocycles. The lowest BCUT2D eigenvalue weighted by Crippen LogP contribution is -2.35. The highest BCUT2D eigenvalue weighted by molar-refractivity contribution is 4.82. The van der Waals surface area contributed by atoms with Crippen LogP contribution in [0.2, 0.25) is 0 Å². The molecular formula is C11H24O. The van der Waals surface area contributed by atoms with E-state index < -0.39 is 0 Å². The molecule has 0 spiro atoms. The van der Waals surface area contributed by atoms with Crippen LogP contribution in [0.15, 0.2) is 0 Å². The van der Waals surface area contributed by atoms with Gasteiger partial charge in [-0.25, -0.2) is 0 Å². The van der Waals surface area contributed by atoms with Crippen molar-refractivity contribution in [2.75, 3.05) is 0 Å². The molecule has 1 heteroatoms. The quantitative estimate of drug-likeness (QED) is 0.675. The highest BCUT2D eigenvalue weighted by atomic mass is 16.3. The van der Waals surface area contributed by atoms with E-state index in [-0.39, 0.29) is 11.5 Å². The normalized spacial score (nSPS) is 19.2. The molecule has 0 aromatic carbocycles. The lowest BCUT2D eigenvalue weighted by atomic mass is 9.71. The molecular weight excluding hydrogens is 148 g/mol. The third-order valence-corrected chi connectivity index (χ3v) is 3.34. The van der Waals surface area contributed by atoms with Gasteiger partial charge in [-0.3, -0.25) is 0 Å². The maximum atomic E-state index is 9.67. The average molecular weight is 172 g/mol. The molecule has 0 aromatic heterocycles. The number of rotatable bonds is 5. The molecule has 2 atom stereocenters. The number of aliphatic hydroxyl groups is 1. The summed E-state index contributed by atoms with van der Waals surface area (Å²) in [5.41, 5.74) is 0.107. The molecule has 0 aliphatic rings. The summed E-state index contributed by atoms with van der Waals surface area (Å²) in [6, 6.07) is 0. The predicted molar refractivity (Wildman–Crippen MR) is 54.2 cm³/mol. The largest absolute Gasteiger partial charge is 0.393 e. The summed E-state index contributed by atoms with van der Waals surface area (Å²) in [7, 11) is 0. The zero-order valence-electron chi connectivity index (χ0n) is 9.22. The monoisotopic (exact) mass is 172 g/mol. The summed E-state index contributed by atoms with van der Waals surface area (Å²) >= 11 is 0. The van der Waals surface area contributed by atoms with Crippen molar-refractivity contribution in [1.29, 1.82) is 0 Å². The first-order chi connectivity index (χ1) is 5.45. The lowest BCUT2D eigenvalue weighted by Gasteiger charge is -2.36. The van der Waals surface area contributed by atoms with Gasteiger partial charge in [0.05, 0.1) is 6.10 Å². The Bertz CT molecular complexity index is 108. The first-order valence-corrected chi connectivity index (χ1v) is 5.13. The van der Waals surface area contributed by atoms with E-state index in [1.165, 1.54) is 12.8 Å². The van der Waals surface area contributed by atoms with Gasteiger partial charge >= 0.3 is 0 Å². The van der Waals surface area contributed by atoms with Crippen LogP contribution in [0.25, 0.3) is 0 Å². The maximum Gasteiger partial charge on any atom is 0.0568 e. The van der Waals surface area contributed by atoms with Crippen molar-refractivity contribution >= 4 is 0 Å². The van der Waals surface area contributed by atoms with Crippen molar-refractivity contribution in [3.8, 4) is 0 Å². The fourth-order valence-electron chi connectivity index (χ4n) is 1.54. The molecule has 0 fully saturated rings. The molecule has 0 aliphatic carbocycles. The second-order valence-corrected chi connectivity index (χ2v) is 4.44. The summed E-state index contributed by atoms with van der Waals surface area (Å²) in [5, 5.41) is 9.67. The van der Waals surface area contributed by atoms with Gasteiger partial charge in [0.1, 0.15) is 0 Å². The lowest BCUT2D eigenvalue weighted by molar-refractivity contribution is 0.00818. The Morgan fingerprint density at radius 1 is 1.25 bits per heavy atom. The van der Waals surface area contributed by atoms with Crippen LogP contribution >= 0.6 is 0 Å². The number of hydrogen-bond acceptors (Lipinski definition) is 1.